The number of halogens is 3. The third-order valence-corrected chi connectivity index (χ3v) is 5.13. The van der Waals surface area contributed by atoms with Gasteiger partial charge in [-0.05, 0) is 11.4 Å². The molecule has 0 radical (unpaired) electrons. The Hall–Kier alpha value is -2.67. The van der Waals surface area contributed by atoms with Crippen LogP contribution in [0.5, 0.6) is 0 Å². The number of amides is 2. The van der Waals surface area contributed by atoms with Crippen LogP contribution in [-0.4, -0.2) is 77.4 Å². The maximum absolute atomic E-state index is 12.2. The van der Waals surface area contributed by atoms with Gasteiger partial charge in [0.05, 0.1) is 11.4 Å². The highest BCUT2D eigenvalue weighted by molar-refractivity contribution is 7.13. The van der Waals surface area contributed by atoms with Crippen molar-refractivity contribution in [3.63, 3.8) is 0 Å². The summed E-state index contributed by atoms with van der Waals surface area (Å²) in [4.78, 5) is 32.4. The summed E-state index contributed by atoms with van der Waals surface area (Å²) >= 11 is 1.52. The Kier molecular flexibility index (Phi) is 7.26. The van der Waals surface area contributed by atoms with Gasteiger partial charge in [-0.3, -0.25) is 9.69 Å². The Labute approximate surface area is 173 Å². The number of ether oxygens (including phenoxy) is 1. The molecule has 2 aromatic rings. The summed E-state index contributed by atoms with van der Waals surface area (Å²) in [5, 5.41) is 8.04. The molecule has 1 N–H and O–H groups in total. The topological polar surface area (TPSA) is 101 Å². The summed E-state index contributed by atoms with van der Waals surface area (Å²) < 4.78 is 45.2. The molecule has 13 heteroatoms. The number of rotatable bonds is 7. The summed E-state index contributed by atoms with van der Waals surface area (Å²) in [5.74, 6) is 0.860. The predicted octanol–water partition coefficient (Wildman–Crippen LogP) is 2.12. The van der Waals surface area contributed by atoms with E-state index in [0.717, 1.165) is 4.88 Å². The van der Waals surface area contributed by atoms with Crippen LogP contribution in [0, 0.1) is 0 Å². The average Bonchev–Trinajstić information content (AvgIpc) is 3.38. The molecule has 30 heavy (non-hydrogen) atoms. The first kappa shape index (κ1) is 22.0. The largest absolute Gasteiger partial charge is 0.440 e. The number of aromatic nitrogens is 2. The van der Waals surface area contributed by atoms with Crippen LogP contribution in [0.25, 0.3) is 10.7 Å². The second kappa shape index (κ2) is 9.89. The molecule has 3 heterocycles. The van der Waals surface area contributed by atoms with Crippen molar-refractivity contribution in [1.82, 2.24) is 25.3 Å². The number of hydrogen-bond acceptors (Lipinski definition) is 8. The first-order chi connectivity index (χ1) is 14.3. The van der Waals surface area contributed by atoms with Gasteiger partial charge in [0, 0.05) is 39.1 Å². The van der Waals surface area contributed by atoms with E-state index in [1.54, 1.807) is 4.90 Å². The lowest BCUT2D eigenvalue weighted by Crippen LogP contribution is -2.48. The van der Waals surface area contributed by atoms with Crippen LogP contribution in [0.2, 0.25) is 0 Å². The normalized spacial score (nSPS) is 15.2. The molecule has 0 atom stereocenters. The van der Waals surface area contributed by atoms with Crippen LogP contribution < -0.4 is 5.32 Å². The fourth-order valence-electron chi connectivity index (χ4n) is 2.80. The van der Waals surface area contributed by atoms with E-state index in [-0.39, 0.29) is 18.9 Å². The molecule has 1 aliphatic rings. The maximum atomic E-state index is 12.2. The third kappa shape index (κ3) is 6.69. The Morgan fingerprint density at radius 1 is 1.27 bits per heavy atom. The summed E-state index contributed by atoms with van der Waals surface area (Å²) in [7, 11) is 0. The molecule has 2 amide bonds. The minimum Gasteiger partial charge on any atom is -0.440 e. The summed E-state index contributed by atoms with van der Waals surface area (Å²) in [6.45, 7) is 0.930. The number of alkyl carbamates (subject to hydrolysis) is 1. The number of thiophene rings is 1. The minimum atomic E-state index is -4.58. The van der Waals surface area contributed by atoms with Crippen molar-refractivity contribution in [3.05, 3.63) is 23.4 Å². The molecule has 3 rings (SSSR count). The molecule has 0 saturated carbocycles. The van der Waals surface area contributed by atoms with E-state index in [9.17, 15) is 22.8 Å². The number of nitrogens with zero attached hydrogens (tertiary/aromatic N) is 4. The highest BCUT2D eigenvalue weighted by Gasteiger charge is 2.29. The summed E-state index contributed by atoms with van der Waals surface area (Å²) in [6.07, 6.45) is -5.81. The summed E-state index contributed by atoms with van der Waals surface area (Å²) in [5.41, 5.74) is 0. The second-order valence-corrected chi connectivity index (χ2v) is 7.46. The van der Waals surface area contributed by atoms with Gasteiger partial charge in [-0.25, -0.2) is 4.79 Å². The van der Waals surface area contributed by atoms with Crippen LogP contribution in [0.15, 0.2) is 22.0 Å². The van der Waals surface area contributed by atoms with E-state index < -0.39 is 18.9 Å². The van der Waals surface area contributed by atoms with Gasteiger partial charge in [-0.15, -0.1) is 11.3 Å². The third-order valence-electron chi connectivity index (χ3n) is 4.27. The van der Waals surface area contributed by atoms with Gasteiger partial charge in [0.25, 0.3) is 0 Å². The van der Waals surface area contributed by atoms with E-state index in [0.29, 0.717) is 44.4 Å². The van der Waals surface area contributed by atoms with E-state index in [2.05, 4.69) is 25.1 Å². The second-order valence-electron chi connectivity index (χ2n) is 6.51. The van der Waals surface area contributed by atoms with Crippen LogP contribution >= 0.6 is 11.3 Å². The predicted molar refractivity (Wildman–Crippen MR) is 99.5 cm³/mol. The Morgan fingerprint density at radius 3 is 2.70 bits per heavy atom. The smallest absolute Gasteiger partial charge is 0.422 e. The Morgan fingerprint density at radius 2 is 2.03 bits per heavy atom. The van der Waals surface area contributed by atoms with Gasteiger partial charge in [0.2, 0.25) is 17.6 Å². The minimum absolute atomic E-state index is 0.0189. The lowest BCUT2D eigenvalue weighted by Gasteiger charge is -2.34. The van der Waals surface area contributed by atoms with Crippen molar-refractivity contribution in [2.24, 2.45) is 0 Å². The molecule has 1 saturated heterocycles. The zero-order chi connectivity index (χ0) is 21.6. The quantitative estimate of drug-likeness (QED) is 0.694. The fraction of sp³-hybridized carbons (Fsp3) is 0.529. The highest BCUT2D eigenvalue weighted by atomic mass is 32.1. The highest BCUT2D eigenvalue weighted by Crippen LogP contribution is 2.21. The van der Waals surface area contributed by atoms with Crippen LogP contribution in [-0.2, 0) is 16.1 Å². The van der Waals surface area contributed by atoms with Crippen molar-refractivity contribution in [3.8, 4) is 10.7 Å². The summed E-state index contributed by atoms with van der Waals surface area (Å²) in [6, 6.07) is 3.82. The monoisotopic (exact) mass is 447 g/mol. The average molecular weight is 447 g/mol. The molecule has 164 valence electrons. The number of nitrogens with one attached hydrogen (secondary N) is 1. The number of carbonyl (C=O) groups is 2. The molecule has 2 aromatic heterocycles. The molecule has 0 aromatic carbocycles. The van der Waals surface area contributed by atoms with Crippen molar-refractivity contribution in [1.29, 1.82) is 0 Å². The van der Waals surface area contributed by atoms with Crippen molar-refractivity contribution in [2.45, 2.75) is 19.1 Å². The molecule has 0 aliphatic carbocycles. The van der Waals surface area contributed by atoms with Crippen LogP contribution in [0.3, 0.4) is 0 Å². The van der Waals surface area contributed by atoms with Gasteiger partial charge in [0.1, 0.15) is 0 Å². The van der Waals surface area contributed by atoms with E-state index in [1.807, 2.05) is 17.5 Å². The Balaban J connectivity index is 1.34. The molecule has 9 nitrogen and oxygen atoms in total. The van der Waals surface area contributed by atoms with Crippen molar-refractivity contribution in [2.75, 3.05) is 39.3 Å². The molecule has 1 fully saturated rings. The van der Waals surface area contributed by atoms with E-state index in [4.69, 9.17) is 4.52 Å². The molecular weight excluding hydrogens is 427 g/mol. The van der Waals surface area contributed by atoms with Gasteiger partial charge < -0.3 is 19.5 Å². The molecular formula is C17H20F3N5O4S. The number of piperazine rings is 1. The Bertz CT molecular complexity index is 835. The number of hydrogen-bond donors (Lipinski definition) is 1. The van der Waals surface area contributed by atoms with Crippen LogP contribution in [0.4, 0.5) is 18.0 Å². The van der Waals surface area contributed by atoms with E-state index >= 15 is 0 Å². The fourth-order valence-corrected chi connectivity index (χ4v) is 3.45. The molecule has 0 bridgehead atoms. The van der Waals surface area contributed by atoms with Gasteiger partial charge in [-0.2, -0.15) is 18.2 Å². The lowest BCUT2D eigenvalue weighted by atomic mass is 10.2. The lowest BCUT2D eigenvalue weighted by molar-refractivity contribution is -0.160. The van der Waals surface area contributed by atoms with Crippen molar-refractivity contribution >= 4 is 23.3 Å². The van der Waals surface area contributed by atoms with Gasteiger partial charge in [0.15, 0.2) is 6.61 Å². The number of carbonyl (C=O) groups excluding carboxylic acids is 2. The zero-order valence-electron chi connectivity index (χ0n) is 15.9. The van der Waals surface area contributed by atoms with E-state index in [1.165, 1.54) is 11.3 Å². The number of alkyl halides is 3. The first-order valence-electron chi connectivity index (χ1n) is 9.14. The standard InChI is InChI=1S/C17H20F3N5O4S/c18-17(19,20)11-28-16(27)21-4-3-14(26)25-7-5-24(6-8-25)10-13-22-15(23-29-13)12-2-1-9-30-12/h1-2,9H,3-8,10-11H2,(H,21,27). The van der Waals surface area contributed by atoms with Crippen molar-refractivity contribution < 1.29 is 32.0 Å². The van der Waals surface area contributed by atoms with Gasteiger partial charge in [-0.1, -0.05) is 11.2 Å². The van der Waals surface area contributed by atoms with Crippen LogP contribution in [0.1, 0.15) is 12.3 Å². The molecule has 1 aliphatic heterocycles. The SMILES string of the molecule is O=C(NCCC(=O)N1CCN(Cc2nc(-c3cccs3)no2)CC1)OCC(F)(F)F. The molecule has 0 spiro atoms. The molecule has 0 unspecified atom stereocenters. The zero-order valence-corrected chi connectivity index (χ0v) is 16.7. The first-order valence-corrected chi connectivity index (χ1v) is 10.0. The maximum Gasteiger partial charge on any atom is 0.422 e. The van der Waals surface area contributed by atoms with Gasteiger partial charge >= 0.3 is 12.3 Å².